The van der Waals surface area contributed by atoms with Gasteiger partial charge in [-0.3, -0.25) is 4.79 Å². The molecule has 3 heteroatoms. The highest BCUT2D eigenvalue weighted by Crippen LogP contribution is 2.19. The number of anilines is 1. The van der Waals surface area contributed by atoms with Gasteiger partial charge in [-0.2, -0.15) is 0 Å². The number of halogens is 1. The third-order valence-corrected chi connectivity index (χ3v) is 3.67. The first-order valence-electron chi connectivity index (χ1n) is 6.42. The van der Waals surface area contributed by atoms with Crippen LogP contribution in [0.3, 0.4) is 0 Å². The van der Waals surface area contributed by atoms with Crippen molar-refractivity contribution in [1.82, 2.24) is 0 Å². The molecule has 0 unspecified atom stereocenters. The Labute approximate surface area is 127 Å². The number of Topliss-reactive ketones (excluding diaryl/α,β-unsaturated/α-hetero) is 1. The third-order valence-electron chi connectivity index (χ3n) is 2.94. The van der Waals surface area contributed by atoms with Crippen LogP contribution in [0.5, 0.6) is 0 Å². The summed E-state index contributed by atoms with van der Waals surface area (Å²) in [5, 5.41) is 3.26. The third kappa shape index (κ3) is 4.07. The van der Waals surface area contributed by atoms with Crippen molar-refractivity contribution in [2.24, 2.45) is 0 Å². The van der Waals surface area contributed by atoms with E-state index in [9.17, 15) is 4.79 Å². The lowest BCUT2D eigenvalue weighted by Crippen LogP contribution is -2.10. The van der Waals surface area contributed by atoms with Crippen LogP contribution in [-0.4, -0.2) is 12.3 Å². The van der Waals surface area contributed by atoms with E-state index >= 15 is 0 Å². The number of nitrogens with one attached hydrogen (secondary N) is 1. The smallest absolute Gasteiger partial charge is 0.157 e. The number of carbonyl (C=O) groups is 1. The molecule has 102 valence electrons. The van der Waals surface area contributed by atoms with Gasteiger partial charge in [0.05, 0.1) is 0 Å². The summed E-state index contributed by atoms with van der Waals surface area (Å²) in [7, 11) is 0. The van der Waals surface area contributed by atoms with Gasteiger partial charge in [0, 0.05) is 22.3 Å². The molecule has 0 saturated carbocycles. The highest BCUT2D eigenvalue weighted by atomic mass is 79.9. The Hall–Kier alpha value is -1.87. The van der Waals surface area contributed by atoms with Gasteiger partial charge in [-0.05, 0) is 36.8 Å². The van der Waals surface area contributed by atoms with Gasteiger partial charge in [0.15, 0.2) is 5.78 Å². The van der Waals surface area contributed by atoms with E-state index in [-0.39, 0.29) is 5.78 Å². The summed E-state index contributed by atoms with van der Waals surface area (Å²) >= 11 is 3.49. The fraction of sp³-hybridized carbons (Fsp3) is 0.118. The Balaban J connectivity index is 2.16. The van der Waals surface area contributed by atoms with Crippen LogP contribution in [0.25, 0.3) is 6.08 Å². The highest BCUT2D eigenvalue weighted by Gasteiger charge is 2.05. The molecule has 0 aliphatic rings. The van der Waals surface area contributed by atoms with Crippen LogP contribution < -0.4 is 5.32 Å². The molecule has 2 rings (SSSR count). The van der Waals surface area contributed by atoms with Crippen molar-refractivity contribution in [2.75, 3.05) is 11.9 Å². The maximum atomic E-state index is 11.8. The zero-order chi connectivity index (χ0) is 14.4. The minimum atomic E-state index is 0.0733. The van der Waals surface area contributed by atoms with Crippen LogP contribution in [0.4, 0.5) is 5.69 Å². The maximum Gasteiger partial charge on any atom is 0.157 e. The Morgan fingerprint density at radius 2 is 1.75 bits per heavy atom. The van der Waals surface area contributed by atoms with Crippen LogP contribution in [0.15, 0.2) is 64.6 Å². The number of hydrogen-bond donors (Lipinski definition) is 1. The van der Waals surface area contributed by atoms with Crippen molar-refractivity contribution in [3.8, 4) is 0 Å². The largest absolute Gasteiger partial charge is 0.381 e. The zero-order valence-corrected chi connectivity index (χ0v) is 12.9. The Bertz CT molecular complexity index is 620. The van der Waals surface area contributed by atoms with Crippen LogP contribution >= 0.6 is 15.9 Å². The van der Waals surface area contributed by atoms with E-state index in [1.54, 1.807) is 6.92 Å². The van der Waals surface area contributed by atoms with Gasteiger partial charge in [0.25, 0.3) is 0 Å². The summed E-state index contributed by atoms with van der Waals surface area (Å²) in [5.74, 6) is 0.0733. The summed E-state index contributed by atoms with van der Waals surface area (Å²) in [4.78, 5) is 11.8. The number of ketones is 1. The Morgan fingerprint density at radius 1 is 1.10 bits per heavy atom. The van der Waals surface area contributed by atoms with Gasteiger partial charge in [0.2, 0.25) is 0 Å². The predicted molar refractivity (Wildman–Crippen MR) is 87.7 cm³/mol. The lowest BCUT2D eigenvalue weighted by Gasteiger charge is -2.08. The predicted octanol–water partition coefficient (Wildman–Crippen LogP) is 4.53. The van der Waals surface area contributed by atoms with Crippen molar-refractivity contribution in [3.63, 3.8) is 0 Å². The molecule has 0 aliphatic heterocycles. The molecule has 2 aromatic carbocycles. The first-order chi connectivity index (χ1) is 9.66. The van der Waals surface area contributed by atoms with Crippen LogP contribution in [0.1, 0.15) is 12.5 Å². The van der Waals surface area contributed by atoms with Crippen molar-refractivity contribution < 1.29 is 4.79 Å². The first-order valence-corrected chi connectivity index (χ1v) is 7.21. The summed E-state index contributed by atoms with van der Waals surface area (Å²) in [6.07, 6.45) is 1.92. The molecule has 0 fully saturated rings. The van der Waals surface area contributed by atoms with Gasteiger partial charge in [0.1, 0.15) is 0 Å². The van der Waals surface area contributed by atoms with E-state index in [0.29, 0.717) is 6.54 Å². The summed E-state index contributed by atoms with van der Waals surface area (Å²) < 4.78 is 0.985. The molecule has 0 aliphatic carbocycles. The molecule has 20 heavy (non-hydrogen) atoms. The van der Waals surface area contributed by atoms with Gasteiger partial charge in [-0.15, -0.1) is 0 Å². The molecule has 0 atom stereocenters. The fourth-order valence-corrected chi connectivity index (χ4v) is 2.21. The molecule has 0 radical (unpaired) electrons. The number of rotatable bonds is 5. The van der Waals surface area contributed by atoms with Gasteiger partial charge in [-0.25, -0.2) is 0 Å². The SMILES string of the molecule is CC(=O)/C(=C/c1ccccc1Br)CNc1ccccc1. The fourth-order valence-electron chi connectivity index (χ4n) is 1.81. The number of carbonyl (C=O) groups excluding carboxylic acids is 1. The molecule has 0 heterocycles. The second-order valence-electron chi connectivity index (χ2n) is 4.47. The molecule has 0 bridgehead atoms. The van der Waals surface area contributed by atoms with E-state index in [1.165, 1.54) is 0 Å². The van der Waals surface area contributed by atoms with Crippen molar-refractivity contribution >= 4 is 33.5 Å². The summed E-state index contributed by atoms with van der Waals surface area (Å²) in [5.41, 5.74) is 2.76. The summed E-state index contributed by atoms with van der Waals surface area (Å²) in [6.45, 7) is 2.11. The lowest BCUT2D eigenvalue weighted by atomic mass is 10.1. The Morgan fingerprint density at radius 3 is 2.40 bits per heavy atom. The molecular formula is C17H16BrNO. The normalized spacial score (nSPS) is 11.2. The van der Waals surface area contributed by atoms with E-state index in [2.05, 4.69) is 21.2 Å². The minimum Gasteiger partial charge on any atom is -0.381 e. The summed E-state index contributed by atoms with van der Waals surface area (Å²) in [6, 6.07) is 17.7. The second kappa shape index (κ2) is 7.06. The van der Waals surface area contributed by atoms with Crippen LogP contribution in [-0.2, 0) is 4.79 Å². The molecule has 0 aromatic heterocycles. The van der Waals surface area contributed by atoms with E-state index < -0.39 is 0 Å². The molecule has 0 amide bonds. The van der Waals surface area contributed by atoms with Gasteiger partial charge in [-0.1, -0.05) is 52.3 Å². The molecular weight excluding hydrogens is 314 g/mol. The maximum absolute atomic E-state index is 11.8. The van der Waals surface area contributed by atoms with Gasteiger partial charge < -0.3 is 5.32 Å². The van der Waals surface area contributed by atoms with Crippen LogP contribution in [0, 0.1) is 0 Å². The molecule has 2 nitrogen and oxygen atoms in total. The quantitative estimate of drug-likeness (QED) is 0.816. The molecule has 0 saturated heterocycles. The standard InChI is InChI=1S/C17H16BrNO/c1-13(20)15(11-14-7-5-6-10-17(14)18)12-19-16-8-3-2-4-9-16/h2-11,19H,12H2,1H3/b15-11+. The molecule has 0 spiro atoms. The second-order valence-corrected chi connectivity index (χ2v) is 5.32. The van der Waals surface area contributed by atoms with Crippen LogP contribution in [0.2, 0.25) is 0 Å². The monoisotopic (exact) mass is 329 g/mol. The average Bonchev–Trinajstić information content (AvgIpc) is 2.46. The Kier molecular flexibility index (Phi) is 5.13. The first kappa shape index (κ1) is 14.5. The zero-order valence-electron chi connectivity index (χ0n) is 11.3. The van der Waals surface area contributed by atoms with E-state index in [1.807, 2.05) is 60.7 Å². The van der Waals surface area contributed by atoms with E-state index in [4.69, 9.17) is 0 Å². The van der Waals surface area contributed by atoms with Crippen molar-refractivity contribution in [2.45, 2.75) is 6.92 Å². The topological polar surface area (TPSA) is 29.1 Å². The number of hydrogen-bond acceptors (Lipinski definition) is 2. The van der Waals surface area contributed by atoms with Crippen molar-refractivity contribution in [3.05, 3.63) is 70.2 Å². The minimum absolute atomic E-state index is 0.0733. The molecule has 1 N–H and O–H groups in total. The average molecular weight is 330 g/mol. The van der Waals surface area contributed by atoms with Gasteiger partial charge >= 0.3 is 0 Å². The highest BCUT2D eigenvalue weighted by molar-refractivity contribution is 9.10. The van der Waals surface area contributed by atoms with Crippen molar-refractivity contribution in [1.29, 1.82) is 0 Å². The number of para-hydroxylation sites is 1. The molecule has 2 aromatic rings. The van der Waals surface area contributed by atoms with E-state index in [0.717, 1.165) is 21.3 Å². The number of benzene rings is 2. The lowest BCUT2D eigenvalue weighted by molar-refractivity contribution is -0.113.